The van der Waals surface area contributed by atoms with Crippen molar-refractivity contribution in [2.75, 3.05) is 31.1 Å². The van der Waals surface area contributed by atoms with Crippen molar-refractivity contribution in [2.24, 2.45) is 0 Å². The molecule has 0 atom stereocenters. The van der Waals surface area contributed by atoms with Crippen LogP contribution in [0.1, 0.15) is 66.3 Å². The predicted molar refractivity (Wildman–Crippen MR) is 144 cm³/mol. The number of aryl methyl sites for hydroxylation is 2. The highest BCUT2D eigenvalue weighted by atomic mass is 35.5. The summed E-state index contributed by atoms with van der Waals surface area (Å²) < 4.78 is 0. The first-order chi connectivity index (χ1) is 16.7. The molecule has 35 heavy (non-hydrogen) atoms. The highest BCUT2D eigenvalue weighted by molar-refractivity contribution is 6.30. The third-order valence-electron chi connectivity index (χ3n) is 6.68. The molecule has 1 fully saturated rings. The number of benzene rings is 2. The van der Waals surface area contributed by atoms with Gasteiger partial charge in [-0.05, 0) is 54.2 Å². The first-order valence-electron chi connectivity index (χ1n) is 12.4. The van der Waals surface area contributed by atoms with E-state index in [0.717, 1.165) is 59.4 Å². The van der Waals surface area contributed by atoms with Crippen molar-refractivity contribution < 1.29 is 4.79 Å². The van der Waals surface area contributed by atoms with E-state index in [0.29, 0.717) is 13.1 Å². The van der Waals surface area contributed by atoms with Crippen LogP contribution in [0, 0.1) is 6.92 Å². The fourth-order valence-electron chi connectivity index (χ4n) is 4.60. The van der Waals surface area contributed by atoms with Gasteiger partial charge < -0.3 is 9.80 Å². The van der Waals surface area contributed by atoms with E-state index in [9.17, 15) is 4.79 Å². The third kappa shape index (κ3) is 5.84. The minimum atomic E-state index is 0.0733. The first kappa shape index (κ1) is 25.2. The molecule has 2 heterocycles. The summed E-state index contributed by atoms with van der Waals surface area (Å²) in [6.45, 7) is 13.5. The zero-order valence-electron chi connectivity index (χ0n) is 21.4. The largest absolute Gasteiger partial charge is 0.353 e. The van der Waals surface area contributed by atoms with E-state index < -0.39 is 0 Å². The maximum atomic E-state index is 13.2. The Morgan fingerprint density at radius 1 is 0.943 bits per heavy atom. The van der Waals surface area contributed by atoms with Crippen LogP contribution in [0.3, 0.4) is 0 Å². The average Bonchev–Trinajstić information content (AvgIpc) is 2.85. The molecular weight excluding hydrogens is 456 g/mol. The molecule has 184 valence electrons. The number of hydrogen-bond acceptors (Lipinski definition) is 4. The van der Waals surface area contributed by atoms with Crippen molar-refractivity contribution in [3.63, 3.8) is 0 Å². The highest BCUT2D eigenvalue weighted by Crippen LogP contribution is 2.27. The van der Waals surface area contributed by atoms with E-state index in [2.05, 4.69) is 56.9 Å². The lowest BCUT2D eigenvalue weighted by Gasteiger charge is -2.36. The van der Waals surface area contributed by atoms with Gasteiger partial charge in [0.05, 0.1) is 0 Å². The molecule has 0 unspecified atom stereocenters. The summed E-state index contributed by atoms with van der Waals surface area (Å²) in [4.78, 5) is 27.0. The summed E-state index contributed by atoms with van der Waals surface area (Å²) >= 11 is 6.09. The van der Waals surface area contributed by atoms with Crippen molar-refractivity contribution >= 4 is 23.3 Å². The number of nitrogens with zero attached hydrogens (tertiary/aromatic N) is 4. The van der Waals surface area contributed by atoms with Gasteiger partial charge in [-0.2, -0.15) is 0 Å². The molecule has 0 spiro atoms. The van der Waals surface area contributed by atoms with E-state index >= 15 is 0 Å². The lowest BCUT2D eigenvalue weighted by atomic mass is 9.86. The SMILES string of the molecule is CCc1nc(C)nc(N2CCN(C(=O)c3ccc(C(C)(C)C)cc3)CC2)c1Cc1ccc(Cl)cc1. The predicted octanol–water partition coefficient (Wildman–Crippen LogP) is 5.85. The highest BCUT2D eigenvalue weighted by Gasteiger charge is 2.26. The molecule has 6 heteroatoms. The third-order valence-corrected chi connectivity index (χ3v) is 6.93. The molecule has 1 aliphatic heterocycles. The fraction of sp³-hybridized carbons (Fsp3) is 0.414. The zero-order valence-corrected chi connectivity index (χ0v) is 22.2. The second-order valence-electron chi connectivity index (χ2n) is 10.3. The number of carbonyl (C=O) groups excluding carboxylic acids is 1. The Labute approximate surface area is 214 Å². The van der Waals surface area contributed by atoms with Crippen LogP contribution in [0.25, 0.3) is 0 Å². The zero-order chi connectivity index (χ0) is 25.2. The topological polar surface area (TPSA) is 49.3 Å². The van der Waals surface area contributed by atoms with Gasteiger partial charge >= 0.3 is 0 Å². The molecule has 1 aliphatic rings. The van der Waals surface area contributed by atoms with Gasteiger partial charge in [0.25, 0.3) is 5.91 Å². The Bertz CT molecular complexity index is 1180. The van der Waals surface area contributed by atoms with E-state index in [4.69, 9.17) is 21.6 Å². The molecule has 1 amide bonds. The van der Waals surface area contributed by atoms with Gasteiger partial charge in [0.15, 0.2) is 0 Å². The summed E-state index contributed by atoms with van der Waals surface area (Å²) in [6.07, 6.45) is 1.61. The van der Waals surface area contributed by atoms with Gasteiger partial charge in [-0.3, -0.25) is 4.79 Å². The van der Waals surface area contributed by atoms with Crippen LogP contribution in [-0.2, 0) is 18.3 Å². The van der Waals surface area contributed by atoms with Crippen molar-refractivity contribution in [1.29, 1.82) is 0 Å². The van der Waals surface area contributed by atoms with Crippen LogP contribution in [-0.4, -0.2) is 47.0 Å². The number of carbonyl (C=O) groups is 1. The molecule has 0 N–H and O–H groups in total. The number of piperazine rings is 1. The Kier molecular flexibility index (Phi) is 7.46. The monoisotopic (exact) mass is 490 g/mol. The molecule has 0 aliphatic carbocycles. The number of hydrogen-bond donors (Lipinski definition) is 0. The van der Waals surface area contributed by atoms with Crippen molar-refractivity contribution in [2.45, 2.75) is 52.9 Å². The fourth-order valence-corrected chi connectivity index (χ4v) is 4.72. The van der Waals surface area contributed by atoms with Gasteiger partial charge in [-0.1, -0.05) is 63.6 Å². The van der Waals surface area contributed by atoms with Crippen LogP contribution >= 0.6 is 11.6 Å². The summed E-state index contributed by atoms with van der Waals surface area (Å²) in [5.41, 5.74) is 5.49. The molecule has 0 saturated carbocycles. The molecule has 0 bridgehead atoms. The van der Waals surface area contributed by atoms with Crippen LogP contribution in [0.15, 0.2) is 48.5 Å². The standard InChI is InChI=1S/C29H35ClN4O/c1-6-26-25(19-21-7-13-24(30)14-8-21)27(32-20(2)31-26)33-15-17-34(18-16-33)28(35)22-9-11-23(12-10-22)29(3,4)5/h7-14H,6,15-19H2,1-5H3. The average molecular weight is 491 g/mol. The lowest BCUT2D eigenvalue weighted by molar-refractivity contribution is 0.0746. The quantitative estimate of drug-likeness (QED) is 0.450. The van der Waals surface area contributed by atoms with Crippen molar-refractivity contribution in [3.05, 3.63) is 87.3 Å². The van der Waals surface area contributed by atoms with Crippen LogP contribution in [0.2, 0.25) is 5.02 Å². The molecule has 4 rings (SSSR count). The van der Waals surface area contributed by atoms with Gasteiger partial charge in [0.1, 0.15) is 11.6 Å². The maximum absolute atomic E-state index is 13.2. The van der Waals surface area contributed by atoms with Crippen LogP contribution in [0.4, 0.5) is 5.82 Å². The summed E-state index contributed by atoms with van der Waals surface area (Å²) in [5, 5.41) is 0.735. The van der Waals surface area contributed by atoms with E-state index in [-0.39, 0.29) is 11.3 Å². The second-order valence-corrected chi connectivity index (χ2v) is 10.7. The molecule has 5 nitrogen and oxygen atoms in total. The molecule has 3 aromatic rings. The van der Waals surface area contributed by atoms with E-state index in [1.165, 1.54) is 11.1 Å². The lowest BCUT2D eigenvalue weighted by Crippen LogP contribution is -2.49. The molecule has 0 radical (unpaired) electrons. The summed E-state index contributed by atoms with van der Waals surface area (Å²) in [5.74, 6) is 1.87. The Balaban J connectivity index is 1.51. The Morgan fingerprint density at radius 2 is 1.57 bits per heavy atom. The van der Waals surface area contributed by atoms with Gasteiger partial charge in [0, 0.05) is 54.4 Å². The minimum absolute atomic E-state index is 0.0733. The Morgan fingerprint density at radius 3 is 2.14 bits per heavy atom. The number of anilines is 1. The van der Waals surface area contributed by atoms with Crippen LogP contribution < -0.4 is 4.90 Å². The normalized spacial score (nSPS) is 14.3. The van der Waals surface area contributed by atoms with Crippen LogP contribution in [0.5, 0.6) is 0 Å². The van der Waals surface area contributed by atoms with Crippen molar-refractivity contribution in [1.82, 2.24) is 14.9 Å². The molecule has 1 saturated heterocycles. The minimum Gasteiger partial charge on any atom is -0.353 e. The van der Waals surface area contributed by atoms with E-state index in [1.807, 2.05) is 36.1 Å². The first-order valence-corrected chi connectivity index (χ1v) is 12.8. The number of rotatable bonds is 5. The number of halogens is 1. The molecular formula is C29H35ClN4O. The molecule has 1 aromatic heterocycles. The Hall–Kier alpha value is -2.92. The second kappa shape index (κ2) is 10.4. The number of aromatic nitrogens is 2. The summed E-state index contributed by atoms with van der Waals surface area (Å²) in [6, 6.07) is 16.0. The number of amides is 1. The summed E-state index contributed by atoms with van der Waals surface area (Å²) in [7, 11) is 0. The van der Waals surface area contributed by atoms with Gasteiger partial charge in [-0.25, -0.2) is 9.97 Å². The van der Waals surface area contributed by atoms with Gasteiger partial charge in [-0.15, -0.1) is 0 Å². The maximum Gasteiger partial charge on any atom is 0.253 e. The van der Waals surface area contributed by atoms with Crippen molar-refractivity contribution in [3.8, 4) is 0 Å². The smallest absolute Gasteiger partial charge is 0.253 e. The molecule has 2 aromatic carbocycles. The van der Waals surface area contributed by atoms with Gasteiger partial charge in [0.2, 0.25) is 0 Å². The van der Waals surface area contributed by atoms with E-state index in [1.54, 1.807) is 0 Å².